The minimum absolute atomic E-state index is 0.177. The van der Waals surface area contributed by atoms with Gasteiger partial charge in [0.1, 0.15) is 12.3 Å². The summed E-state index contributed by atoms with van der Waals surface area (Å²) in [5, 5.41) is 8.91. The number of aliphatic carboxylic acids is 1. The predicted molar refractivity (Wildman–Crippen MR) is 97.4 cm³/mol. The number of benzene rings is 1. The smallest absolute Gasteiger partial charge is 0.412 e. The molecule has 2 atom stereocenters. The molecule has 1 fully saturated rings. The number of carbonyl (C=O) groups is 2. The average Bonchev–Trinajstić information content (AvgIpc) is 2.81. The van der Waals surface area contributed by atoms with Crippen LogP contribution in [0.4, 0.5) is 4.79 Å². The lowest BCUT2D eigenvalue weighted by Gasteiger charge is -2.33. The monoisotopic (exact) mass is 361 g/mol. The Morgan fingerprint density at radius 2 is 1.96 bits per heavy atom. The number of carboxylic acids is 1. The molecule has 1 saturated heterocycles. The van der Waals surface area contributed by atoms with Crippen LogP contribution >= 0.6 is 0 Å². The van der Waals surface area contributed by atoms with Crippen molar-refractivity contribution in [3.8, 4) is 0 Å². The summed E-state index contributed by atoms with van der Waals surface area (Å²) in [6.07, 6.45) is 2.29. The van der Waals surface area contributed by atoms with Crippen molar-refractivity contribution in [3.05, 3.63) is 48.0 Å². The highest BCUT2D eigenvalue weighted by Crippen LogP contribution is 2.36. The third kappa shape index (κ3) is 5.08. The Balaban J connectivity index is 2.18. The van der Waals surface area contributed by atoms with Gasteiger partial charge in [-0.15, -0.1) is 0 Å². The molecule has 0 aliphatic carbocycles. The lowest BCUT2D eigenvalue weighted by Crippen LogP contribution is -2.48. The molecule has 0 saturated carbocycles. The molecule has 2 rings (SSSR count). The summed E-state index contributed by atoms with van der Waals surface area (Å²) in [6, 6.07) is 9.18. The number of carboxylic acid groups (broad SMARTS) is 1. The van der Waals surface area contributed by atoms with E-state index in [0.717, 1.165) is 11.6 Å². The van der Waals surface area contributed by atoms with Crippen LogP contribution in [-0.2, 0) is 20.9 Å². The number of ether oxygens (including phenoxy) is 2. The fraction of sp³-hybridized carbons (Fsp3) is 0.500. The summed E-state index contributed by atoms with van der Waals surface area (Å²) >= 11 is 0. The average molecular weight is 361 g/mol. The zero-order valence-corrected chi connectivity index (χ0v) is 15.7. The second kappa shape index (κ2) is 8.36. The molecule has 0 aromatic heterocycles. The molecule has 0 bridgehead atoms. The first-order chi connectivity index (χ1) is 12.2. The maximum Gasteiger partial charge on any atom is 0.412 e. The Bertz CT molecular complexity index is 653. The molecule has 1 amide bonds. The van der Waals surface area contributed by atoms with Gasteiger partial charge in [-0.05, 0) is 37.8 Å². The van der Waals surface area contributed by atoms with E-state index in [9.17, 15) is 9.59 Å². The number of rotatable bonds is 6. The minimum atomic E-state index is -1.04. The molecule has 1 aromatic rings. The van der Waals surface area contributed by atoms with Crippen LogP contribution in [0.25, 0.3) is 0 Å². The molecule has 6 heteroatoms. The molecule has 1 N–H and O–H groups in total. The predicted octanol–water partition coefficient (Wildman–Crippen LogP) is 3.82. The van der Waals surface area contributed by atoms with E-state index in [1.54, 1.807) is 18.7 Å². The molecular weight excluding hydrogens is 334 g/mol. The van der Waals surface area contributed by atoms with Gasteiger partial charge >= 0.3 is 12.1 Å². The zero-order chi connectivity index (χ0) is 19.3. The lowest BCUT2D eigenvalue weighted by atomic mass is 9.98. The Kier molecular flexibility index (Phi) is 6.42. The first-order valence-corrected chi connectivity index (χ1v) is 8.79. The molecule has 0 unspecified atom stereocenters. The van der Waals surface area contributed by atoms with Gasteiger partial charge in [0.05, 0.1) is 12.1 Å². The largest absolute Gasteiger partial charge is 0.478 e. The molecule has 1 aromatic carbocycles. The summed E-state index contributed by atoms with van der Waals surface area (Å²) < 4.78 is 11.5. The maximum atomic E-state index is 12.8. The molecule has 1 aliphatic rings. The van der Waals surface area contributed by atoms with Crippen molar-refractivity contribution in [1.82, 2.24) is 4.90 Å². The second-order valence-electron chi connectivity index (χ2n) is 7.33. The van der Waals surface area contributed by atoms with E-state index in [1.807, 2.05) is 30.3 Å². The third-order valence-electron chi connectivity index (χ3n) is 4.26. The Morgan fingerprint density at radius 3 is 2.54 bits per heavy atom. The van der Waals surface area contributed by atoms with Crippen molar-refractivity contribution >= 4 is 12.1 Å². The minimum Gasteiger partial charge on any atom is -0.478 e. The van der Waals surface area contributed by atoms with Crippen LogP contribution in [0, 0.1) is 5.92 Å². The van der Waals surface area contributed by atoms with E-state index in [1.165, 1.54) is 6.08 Å². The standard InChI is InChI=1S/C20H27NO5/c1-14(2)12-16-17(10-11-18(22)23)26-20(3,4)21(16)19(24)25-13-15-8-6-5-7-9-15/h5-11,14,16-17H,12-13H2,1-4H3,(H,22,23)/t16-,17-/m0/s1. The molecule has 1 aliphatic heterocycles. The first-order valence-electron chi connectivity index (χ1n) is 8.79. The summed E-state index contributed by atoms with van der Waals surface area (Å²) in [5.41, 5.74) is 0.0161. The molecule has 1 heterocycles. The van der Waals surface area contributed by atoms with Gasteiger partial charge in [-0.2, -0.15) is 0 Å². The molecule has 6 nitrogen and oxygen atoms in total. The summed E-state index contributed by atoms with van der Waals surface area (Å²) in [4.78, 5) is 25.3. The molecule has 0 radical (unpaired) electrons. The molecule has 26 heavy (non-hydrogen) atoms. The van der Waals surface area contributed by atoms with Gasteiger partial charge < -0.3 is 14.6 Å². The van der Waals surface area contributed by atoms with E-state index in [-0.39, 0.29) is 12.6 Å². The summed E-state index contributed by atoms with van der Waals surface area (Å²) in [6.45, 7) is 7.86. The van der Waals surface area contributed by atoms with Gasteiger partial charge in [-0.1, -0.05) is 44.2 Å². The van der Waals surface area contributed by atoms with Gasteiger partial charge in [0.15, 0.2) is 0 Å². The highest BCUT2D eigenvalue weighted by Gasteiger charge is 2.49. The number of amides is 1. The normalized spacial score (nSPS) is 22.1. The van der Waals surface area contributed by atoms with Crippen LogP contribution in [0.1, 0.15) is 39.7 Å². The summed E-state index contributed by atoms with van der Waals surface area (Å²) in [5.74, 6) is -0.734. The van der Waals surface area contributed by atoms with Gasteiger partial charge in [0.2, 0.25) is 0 Å². The van der Waals surface area contributed by atoms with E-state index in [0.29, 0.717) is 12.3 Å². The van der Waals surface area contributed by atoms with Crippen LogP contribution in [0.15, 0.2) is 42.5 Å². The van der Waals surface area contributed by atoms with Crippen LogP contribution in [0.3, 0.4) is 0 Å². The highest BCUT2D eigenvalue weighted by molar-refractivity contribution is 5.79. The number of nitrogens with zero attached hydrogens (tertiary/aromatic N) is 1. The second-order valence-corrected chi connectivity index (χ2v) is 7.33. The zero-order valence-electron chi connectivity index (χ0n) is 15.7. The van der Waals surface area contributed by atoms with Crippen molar-refractivity contribution in [3.63, 3.8) is 0 Å². The highest BCUT2D eigenvalue weighted by atomic mass is 16.6. The van der Waals surface area contributed by atoms with Crippen LogP contribution in [-0.4, -0.2) is 39.9 Å². The molecule has 142 valence electrons. The fourth-order valence-corrected chi connectivity index (χ4v) is 3.23. The van der Waals surface area contributed by atoms with Crippen molar-refractivity contribution in [2.45, 2.75) is 58.6 Å². The van der Waals surface area contributed by atoms with Gasteiger partial charge in [-0.3, -0.25) is 4.90 Å². The molecular formula is C20H27NO5. The quantitative estimate of drug-likeness (QED) is 0.780. The van der Waals surface area contributed by atoms with Crippen molar-refractivity contribution in [1.29, 1.82) is 0 Å². The van der Waals surface area contributed by atoms with E-state index >= 15 is 0 Å². The Labute approximate surface area is 154 Å². The SMILES string of the molecule is CC(C)C[C@H]1[C@H](C=CC(=O)O)OC(C)(C)N1C(=O)OCc1ccccc1. The van der Waals surface area contributed by atoms with Crippen molar-refractivity contribution in [2.24, 2.45) is 5.92 Å². The van der Waals surface area contributed by atoms with Crippen LogP contribution < -0.4 is 0 Å². The van der Waals surface area contributed by atoms with Gasteiger partial charge in [-0.25, -0.2) is 9.59 Å². The van der Waals surface area contributed by atoms with Crippen molar-refractivity contribution in [2.75, 3.05) is 0 Å². The topological polar surface area (TPSA) is 76.1 Å². The number of hydrogen-bond acceptors (Lipinski definition) is 4. The first kappa shape index (κ1) is 20.0. The van der Waals surface area contributed by atoms with Gasteiger partial charge in [0, 0.05) is 6.08 Å². The van der Waals surface area contributed by atoms with Gasteiger partial charge in [0.25, 0.3) is 0 Å². The fourth-order valence-electron chi connectivity index (χ4n) is 3.23. The van der Waals surface area contributed by atoms with Crippen LogP contribution in [0.2, 0.25) is 0 Å². The Hall–Kier alpha value is -2.34. The van der Waals surface area contributed by atoms with Crippen molar-refractivity contribution < 1.29 is 24.2 Å². The van der Waals surface area contributed by atoms with E-state index in [4.69, 9.17) is 14.6 Å². The molecule has 0 spiro atoms. The maximum absolute atomic E-state index is 12.8. The third-order valence-corrected chi connectivity index (χ3v) is 4.26. The van der Waals surface area contributed by atoms with E-state index < -0.39 is 23.9 Å². The van der Waals surface area contributed by atoms with E-state index in [2.05, 4.69) is 13.8 Å². The number of carbonyl (C=O) groups excluding carboxylic acids is 1. The number of hydrogen-bond donors (Lipinski definition) is 1. The lowest BCUT2D eigenvalue weighted by molar-refractivity contribution is -0.131. The summed E-state index contributed by atoms with van der Waals surface area (Å²) in [7, 11) is 0. The Morgan fingerprint density at radius 1 is 1.31 bits per heavy atom. The van der Waals surface area contributed by atoms with Crippen LogP contribution in [0.5, 0.6) is 0 Å².